The van der Waals surface area contributed by atoms with Crippen molar-refractivity contribution in [3.8, 4) is 17.0 Å². The molecular formula is C26H18F4N4O3. The maximum absolute atomic E-state index is 14.0. The Kier molecular flexibility index (Phi) is 7.42. The molecule has 11 heteroatoms. The summed E-state index contributed by atoms with van der Waals surface area (Å²) in [5.41, 5.74) is 0.915. The summed E-state index contributed by atoms with van der Waals surface area (Å²) in [5, 5.41) is 5.03. The largest absolute Gasteiger partial charge is 0.573 e. The van der Waals surface area contributed by atoms with Crippen molar-refractivity contribution < 1.29 is 31.9 Å². The van der Waals surface area contributed by atoms with Crippen molar-refractivity contribution in [1.29, 1.82) is 0 Å². The predicted molar refractivity (Wildman–Crippen MR) is 126 cm³/mol. The van der Waals surface area contributed by atoms with Gasteiger partial charge >= 0.3 is 6.36 Å². The highest BCUT2D eigenvalue weighted by Gasteiger charge is 2.33. The number of ether oxygens (including phenoxy) is 1. The van der Waals surface area contributed by atoms with Crippen molar-refractivity contribution in [2.75, 3.05) is 5.32 Å². The topological polar surface area (TPSA) is 93.2 Å². The van der Waals surface area contributed by atoms with E-state index in [1.54, 1.807) is 30.3 Å². The molecule has 0 saturated heterocycles. The zero-order valence-electron chi connectivity index (χ0n) is 18.9. The van der Waals surface area contributed by atoms with Gasteiger partial charge in [0.25, 0.3) is 11.8 Å². The Morgan fingerprint density at radius 1 is 0.919 bits per heavy atom. The van der Waals surface area contributed by atoms with Gasteiger partial charge in [0, 0.05) is 30.1 Å². The Bertz CT molecular complexity index is 1410. The van der Waals surface area contributed by atoms with Crippen LogP contribution in [0.1, 0.15) is 26.3 Å². The highest BCUT2D eigenvalue weighted by molar-refractivity contribution is 6.07. The fraction of sp³-hybridized carbons (Fsp3) is 0.0769. The monoisotopic (exact) mass is 510 g/mol. The van der Waals surface area contributed by atoms with Crippen molar-refractivity contribution in [3.05, 3.63) is 108 Å². The number of nitrogens with zero attached hydrogens (tertiary/aromatic N) is 2. The molecule has 2 N–H and O–H groups in total. The molecule has 188 valence electrons. The van der Waals surface area contributed by atoms with E-state index in [-0.39, 0.29) is 23.4 Å². The smallest absolute Gasteiger partial charge is 0.405 e. The fourth-order valence-electron chi connectivity index (χ4n) is 3.34. The van der Waals surface area contributed by atoms with E-state index in [0.29, 0.717) is 11.3 Å². The van der Waals surface area contributed by atoms with Crippen molar-refractivity contribution in [1.82, 2.24) is 15.3 Å². The lowest BCUT2D eigenvalue weighted by Crippen LogP contribution is -2.26. The number of aromatic nitrogens is 2. The van der Waals surface area contributed by atoms with E-state index in [4.69, 9.17) is 0 Å². The first kappa shape index (κ1) is 25.3. The molecule has 0 aliphatic carbocycles. The number of carbonyl (C=O) groups is 2. The molecule has 0 unspecified atom stereocenters. The van der Waals surface area contributed by atoms with Crippen LogP contribution in [-0.2, 0) is 6.54 Å². The molecule has 0 radical (unpaired) electrons. The number of rotatable bonds is 7. The van der Waals surface area contributed by atoms with Gasteiger partial charge in [0.15, 0.2) is 0 Å². The Hall–Kier alpha value is -4.80. The minimum absolute atomic E-state index is 0.00538. The number of halogens is 4. The average molecular weight is 510 g/mol. The predicted octanol–water partition coefficient (Wildman–Crippen LogP) is 5.36. The number of benzene rings is 2. The molecule has 2 heterocycles. The summed E-state index contributed by atoms with van der Waals surface area (Å²) in [6.07, 6.45) is -0.718. The lowest BCUT2D eigenvalue weighted by Gasteiger charge is -2.15. The Morgan fingerprint density at radius 3 is 2.41 bits per heavy atom. The van der Waals surface area contributed by atoms with Crippen molar-refractivity contribution in [2.24, 2.45) is 0 Å². The van der Waals surface area contributed by atoms with Crippen LogP contribution in [0.4, 0.5) is 23.2 Å². The van der Waals surface area contributed by atoms with Crippen molar-refractivity contribution in [3.63, 3.8) is 0 Å². The minimum atomic E-state index is -5.05. The number of pyridine rings is 2. The molecule has 4 aromatic rings. The van der Waals surface area contributed by atoms with E-state index < -0.39 is 35.3 Å². The van der Waals surface area contributed by atoms with Crippen LogP contribution in [0.3, 0.4) is 0 Å². The molecule has 4 rings (SSSR count). The summed E-state index contributed by atoms with van der Waals surface area (Å²) in [5.74, 6) is -2.81. The number of alkyl halides is 3. The molecule has 0 saturated carbocycles. The highest BCUT2D eigenvalue weighted by atomic mass is 19.4. The third-order valence-corrected chi connectivity index (χ3v) is 5.06. The number of carbonyl (C=O) groups excluding carboxylic acids is 2. The summed E-state index contributed by atoms with van der Waals surface area (Å²) in [7, 11) is 0. The molecule has 0 bridgehead atoms. The third-order valence-electron chi connectivity index (χ3n) is 5.06. The summed E-state index contributed by atoms with van der Waals surface area (Å²) in [6.45, 7) is -0.00538. The molecule has 37 heavy (non-hydrogen) atoms. The Balaban J connectivity index is 1.53. The molecule has 0 fully saturated rings. The van der Waals surface area contributed by atoms with Gasteiger partial charge in [-0.15, -0.1) is 13.2 Å². The van der Waals surface area contributed by atoms with E-state index in [1.165, 1.54) is 36.8 Å². The maximum Gasteiger partial charge on any atom is 0.573 e. The normalized spacial score (nSPS) is 11.0. The van der Waals surface area contributed by atoms with E-state index in [0.717, 1.165) is 18.2 Å². The summed E-state index contributed by atoms with van der Waals surface area (Å²) in [6, 6.07) is 15.4. The molecule has 2 aromatic heterocycles. The lowest BCUT2D eigenvalue weighted by atomic mass is 10.1. The standard InChI is InChI=1S/C26H18F4N4O3/c27-21-6-2-1-5-19(21)22-9-8-18(15-32-22)34-24(35)17-7-10-23(37-26(28,29)30)20(12-17)25(36)33-14-16-4-3-11-31-13-16/h1-13,15H,14H2,(H,33,36)(H,34,35). The average Bonchev–Trinajstić information content (AvgIpc) is 2.88. The van der Waals surface area contributed by atoms with Crippen LogP contribution >= 0.6 is 0 Å². The molecule has 7 nitrogen and oxygen atoms in total. The van der Waals surface area contributed by atoms with E-state index in [1.807, 2.05) is 0 Å². The van der Waals surface area contributed by atoms with Gasteiger partial charge in [-0.05, 0) is 54.1 Å². The van der Waals surface area contributed by atoms with Crippen molar-refractivity contribution in [2.45, 2.75) is 12.9 Å². The van der Waals surface area contributed by atoms with Gasteiger partial charge in [-0.2, -0.15) is 0 Å². The summed E-state index contributed by atoms with van der Waals surface area (Å²) >= 11 is 0. The number of amides is 2. The number of hydrogen-bond acceptors (Lipinski definition) is 5. The summed E-state index contributed by atoms with van der Waals surface area (Å²) < 4.78 is 56.6. The fourth-order valence-corrected chi connectivity index (χ4v) is 3.34. The van der Waals surface area contributed by atoms with E-state index >= 15 is 0 Å². The molecule has 0 spiro atoms. The zero-order chi connectivity index (χ0) is 26.4. The SMILES string of the molecule is O=C(Nc1ccc(-c2ccccc2F)nc1)c1ccc(OC(F)(F)F)c(C(=O)NCc2cccnc2)c1. The first-order chi connectivity index (χ1) is 17.7. The second-order valence-electron chi connectivity index (χ2n) is 7.67. The van der Waals surface area contributed by atoms with Crippen LogP contribution in [0.15, 0.2) is 85.3 Å². The second kappa shape index (κ2) is 10.9. The van der Waals surface area contributed by atoms with Crippen LogP contribution in [-0.4, -0.2) is 28.1 Å². The maximum atomic E-state index is 14.0. The minimum Gasteiger partial charge on any atom is -0.405 e. The van der Waals surface area contributed by atoms with Gasteiger partial charge < -0.3 is 15.4 Å². The van der Waals surface area contributed by atoms with Crippen LogP contribution < -0.4 is 15.4 Å². The quantitative estimate of drug-likeness (QED) is 0.327. The van der Waals surface area contributed by atoms with Crippen LogP contribution in [0.5, 0.6) is 5.75 Å². The third kappa shape index (κ3) is 6.66. The molecule has 0 atom stereocenters. The van der Waals surface area contributed by atoms with Gasteiger partial charge in [-0.3, -0.25) is 19.6 Å². The summed E-state index contributed by atoms with van der Waals surface area (Å²) in [4.78, 5) is 33.5. The second-order valence-corrected chi connectivity index (χ2v) is 7.67. The molecule has 0 aliphatic heterocycles. The van der Waals surface area contributed by atoms with Gasteiger partial charge in [0.1, 0.15) is 11.6 Å². The van der Waals surface area contributed by atoms with Crippen LogP contribution in [0.2, 0.25) is 0 Å². The van der Waals surface area contributed by atoms with Crippen LogP contribution in [0.25, 0.3) is 11.3 Å². The zero-order valence-corrected chi connectivity index (χ0v) is 18.9. The molecule has 2 aromatic carbocycles. The Morgan fingerprint density at radius 2 is 1.73 bits per heavy atom. The van der Waals surface area contributed by atoms with Gasteiger partial charge in [-0.1, -0.05) is 18.2 Å². The van der Waals surface area contributed by atoms with E-state index in [9.17, 15) is 27.2 Å². The molecule has 2 amide bonds. The first-order valence-corrected chi connectivity index (χ1v) is 10.8. The van der Waals surface area contributed by atoms with Gasteiger partial charge in [-0.25, -0.2) is 4.39 Å². The molecular weight excluding hydrogens is 492 g/mol. The Labute approximate surface area is 208 Å². The van der Waals surface area contributed by atoms with E-state index in [2.05, 4.69) is 25.3 Å². The molecule has 0 aliphatic rings. The lowest BCUT2D eigenvalue weighted by molar-refractivity contribution is -0.274. The van der Waals surface area contributed by atoms with Crippen LogP contribution in [0, 0.1) is 5.82 Å². The number of anilines is 1. The number of hydrogen-bond donors (Lipinski definition) is 2. The van der Waals surface area contributed by atoms with Gasteiger partial charge in [0.05, 0.1) is 23.1 Å². The number of nitrogens with one attached hydrogen (secondary N) is 2. The van der Waals surface area contributed by atoms with Gasteiger partial charge in [0.2, 0.25) is 0 Å². The first-order valence-electron chi connectivity index (χ1n) is 10.8. The highest BCUT2D eigenvalue weighted by Crippen LogP contribution is 2.28. The van der Waals surface area contributed by atoms with Crippen molar-refractivity contribution >= 4 is 17.5 Å².